The van der Waals surface area contributed by atoms with E-state index in [1.165, 1.54) is 11.0 Å². The van der Waals surface area contributed by atoms with Gasteiger partial charge in [0, 0.05) is 35.0 Å². The number of amides is 2. The third-order valence-corrected chi connectivity index (χ3v) is 6.62. The lowest BCUT2D eigenvalue weighted by Crippen LogP contribution is -2.48. The lowest BCUT2D eigenvalue weighted by molar-refractivity contribution is -0.133. The standard InChI is InChI=1S/C22H23FIN3O4/c23-17-2-1-15(9-18(17)24)16-10-19-22(25-11-16)27(21(30)13-31-19)12-20(29)26-6-3-14(4-7-26)5-8-28/h1-2,9-11,14,28H,3-8,12-13H2. The molecule has 7 nitrogen and oxygen atoms in total. The first-order chi connectivity index (χ1) is 15.0. The molecule has 1 aromatic heterocycles. The van der Waals surface area contributed by atoms with Gasteiger partial charge in [-0.05, 0) is 71.5 Å². The van der Waals surface area contributed by atoms with Crippen molar-refractivity contribution < 1.29 is 23.8 Å². The zero-order valence-corrected chi connectivity index (χ0v) is 19.0. The number of carbonyl (C=O) groups excluding carboxylic acids is 2. The molecular weight excluding hydrogens is 516 g/mol. The normalized spacial score (nSPS) is 16.8. The number of anilines is 1. The number of ether oxygens (including phenoxy) is 1. The Labute approximate surface area is 193 Å². The monoisotopic (exact) mass is 539 g/mol. The minimum atomic E-state index is -0.312. The molecule has 0 unspecified atom stereocenters. The Morgan fingerprint density at radius 1 is 1.26 bits per heavy atom. The molecule has 164 valence electrons. The summed E-state index contributed by atoms with van der Waals surface area (Å²) in [4.78, 5) is 32.8. The average molecular weight is 539 g/mol. The van der Waals surface area contributed by atoms with E-state index in [2.05, 4.69) is 4.98 Å². The van der Waals surface area contributed by atoms with E-state index in [0.717, 1.165) is 30.4 Å². The largest absolute Gasteiger partial charge is 0.480 e. The summed E-state index contributed by atoms with van der Waals surface area (Å²) in [6.45, 7) is 1.18. The van der Waals surface area contributed by atoms with Gasteiger partial charge in [-0.15, -0.1) is 0 Å². The third-order valence-electron chi connectivity index (χ3n) is 5.79. The van der Waals surface area contributed by atoms with Gasteiger partial charge in [-0.1, -0.05) is 6.07 Å². The van der Waals surface area contributed by atoms with Gasteiger partial charge < -0.3 is 14.7 Å². The molecule has 2 aromatic rings. The van der Waals surface area contributed by atoms with Gasteiger partial charge in [0.05, 0.1) is 0 Å². The van der Waals surface area contributed by atoms with Crippen molar-refractivity contribution in [1.82, 2.24) is 9.88 Å². The summed E-state index contributed by atoms with van der Waals surface area (Å²) in [6.07, 6.45) is 4.08. The molecule has 9 heteroatoms. The maximum atomic E-state index is 13.6. The summed E-state index contributed by atoms with van der Waals surface area (Å²) >= 11 is 1.93. The van der Waals surface area contributed by atoms with Crippen LogP contribution < -0.4 is 9.64 Å². The van der Waals surface area contributed by atoms with Crippen LogP contribution in [0.2, 0.25) is 0 Å². The van der Waals surface area contributed by atoms with Crippen LogP contribution >= 0.6 is 22.6 Å². The van der Waals surface area contributed by atoms with Crippen molar-refractivity contribution in [2.45, 2.75) is 19.3 Å². The van der Waals surface area contributed by atoms with Crippen LogP contribution in [-0.2, 0) is 9.59 Å². The Morgan fingerprint density at radius 2 is 2.03 bits per heavy atom. The molecule has 1 aromatic carbocycles. The van der Waals surface area contributed by atoms with Gasteiger partial charge in [0.1, 0.15) is 12.4 Å². The highest BCUT2D eigenvalue weighted by Gasteiger charge is 2.31. The van der Waals surface area contributed by atoms with Gasteiger partial charge in [-0.25, -0.2) is 9.37 Å². The molecule has 0 bridgehead atoms. The van der Waals surface area contributed by atoms with Crippen molar-refractivity contribution in [1.29, 1.82) is 0 Å². The highest BCUT2D eigenvalue weighted by Crippen LogP contribution is 2.34. The number of fused-ring (bicyclic) bond motifs is 1. The van der Waals surface area contributed by atoms with E-state index in [4.69, 9.17) is 9.84 Å². The van der Waals surface area contributed by atoms with E-state index in [1.54, 1.807) is 29.3 Å². The van der Waals surface area contributed by atoms with E-state index < -0.39 is 0 Å². The SMILES string of the molecule is O=C(CN1C(=O)COc2cc(-c3ccc(F)c(I)c3)cnc21)N1CCC(CCO)CC1. The number of aliphatic hydroxyl groups excluding tert-OH is 1. The van der Waals surface area contributed by atoms with Gasteiger partial charge >= 0.3 is 0 Å². The van der Waals surface area contributed by atoms with Crippen LogP contribution in [-0.4, -0.2) is 59.7 Å². The summed E-state index contributed by atoms with van der Waals surface area (Å²) in [5, 5.41) is 9.09. The lowest BCUT2D eigenvalue weighted by Gasteiger charge is -2.34. The predicted octanol–water partition coefficient (Wildman–Crippen LogP) is 2.84. The Bertz CT molecular complexity index is 995. The number of aromatic nitrogens is 1. The van der Waals surface area contributed by atoms with Crippen LogP contribution in [0.5, 0.6) is 5.75 Å². The molecule has 2 amide bonds. The molecule has 4 rings (SSSR count). The summed E-state index contributed by atoms with van der Waals surface area (Å²) < 4.78 is 19.6. The summed E-state index contributed by atoms with van der Waals surface area (Å²) in [5.74, 6) is 0.457. The average Bonchev–Trinajstić information content (AvgIpc) is 2.78. The summed E-state index contributed by atoms with van der Waals surface area (Å²) in [6, 6.07) is 6.54. The summed E-state index contributed by atoms with van der Waals surface area (Å²) in [7, 11) is 0. The molecule has 0 aliphatic carbocycles. The fourth-order valence-corrected chi connectivity index (χ4v) is 4.48. The van der Waals surface area contributed by atoms with E-state index in [1.807, 2.05) is 22.6 Å². The van der Waals surface area contributed by atoms with Crippen molar-refractivity contribution in [3.05, 3.63) is 39.8 Å². The maximum Gasteiger partial charge on any atom is 0.266 e. The molecule has 1 N–H and O–H groups in total. The van der Waals surface area contributed by atoms with E-state index in [0.29, 0.717) is 34.1 Å². The van der Waals surface area contributed by atoms with Crippen LogP contribution in [0.25, 0.3) is 11.1 Å². The van der Waals surface area contributed by atoms with Gasteiger partial charge in [-0.2, -0.15) is 0 Å². The number of carbonyl (C=O) groups is 2. The minimum Gasteiger partial charge on any atom is -0.480 e. The number of nitrogens with zero attached hydrogens (tertiary/aromatic N) is 3. The third kappa shape index (κ3) is 4.82. The molecular formula is C22H23FIN3O4. The van der Waals surface area contributed by atoms with Crippen LogP contribution in [0, 0.1) is 15.3 Å². The second-order valence-electron chi connectivity index (χ2n) is 7.78. The number of piperidine rings is 1. The number of rotatable bonds is 5. The van der Waals surface area contributed by atoms with Gasteiger partial charge in [0.2, 0.25) is 5.91 Å². The first-order valence-corrected chi connectivity index (χ1v) is 11.3. The Morgan fingerprint density at radius 3 is 2.74 bits per heavy atom. The fraction of sp³-hybridized carbons (Fsp3) is 0.409. The smallest absolute Gasteiger partial charge is 0.266 e. The van der Waals surface area contributed by atoms with E-state index in [9.17, 15) is 14.0 Å². The number of benzene rings is 1. The minimum absolute atomic E-state index is 0.0827. The molecule has 3 heterocycles. The van der Waals surface area contributed by atoms with E-state index in [-0.39, 0.29) is 37.4 Å². The predicted molar refractivity (Wildman–Crippen MR) is 121 cm³/mol. The molecule has 2 aliphatic rings. The Hall–Kier alpha value is -2.27. The molecule has 2 aliphatic heterocycles. The van der Waals surface area contributed by atoms with Gasteiger partial charge in [-0.3, -0.25) is 14.5 Å². The highest BCUT2D eigenvalue weighted by atomic mass is 127. The fourth-order valence-electron chi connectivity index (χ4n) is 3.97. The molecule has 31 heavy (non-hydrogen) atoms. The van der Waals surface area contributed by atoms with Crippen molar-refractivity contribution in [2.75, 3.05) is 37.7 Å². The number of aliphatic hydroxyl groups is 1. The van der Waals surface area contributed by atoms with Crippen molar-refractivity contribution in [2.24, 2.45) is 5.92 Å². The maximum absolute atomic E-state index is 13.6. The molecule has 0 saturated carbocycles. The van der Waals surface area contributed by atoms with E-state index >= 15 is 0 Å². The first-order valence-electron chi connectivity index (χ1n) is 10.2. The van der Waals surface area contributed by atoms with Crippen molar-refractivity contribution >= 4 is 40.2 Å². The molecule has 0 radical (unpaired) electrons. The number of hydrogen-bond donors (Lipinski definition) is 1. The summed E-state index contributed by atoms with van der Waals surface area (Å²) in [5.41, 5.74) is 1.53. The molecule has 0 atom stereocenters. The van der Waals surface area contributed by atoms with Crippen molar-refractivity contribution in [3.8, 4) is 16.9 Å². The topological polar surface area (TPSA) is 83.0 Å². The van der Waals surface area contributed by atoms with Crippen LogP contribution in [0.4, 0.5) is 10.2 Å². The molecule has 1 saturated heterocycles. The Balaban J connectivity index is 1.49. The number of likely N-dealkylation sites (tertiary alicyclic amines) is 1. The lowest BCUT2D eigenvalue weighted by atomic mass is 9.94. The zero-order valence-electron chi connectivity index (χ0n) is 16.9. The number of halogens is 2. The van der Waals surface area contributed by atoms with Crippen LogP contribution in [0.3, 0.4) is 0 Å². The second kappa shape index (κ2) is 9.47. The van der Waals surface area contributed by atoms with Crippen LogP contribution in [0.15, 0.2) is 30.5 Å². The van der Waals surface area contributed by atoms with Crippen molar-refractivity contribution in [3.63, 3.8) is 0 Å². The van der Waals surface area contributed by atoms with Gasteiger partial charge in [0.15, 0.2) is 18.2 Å². The first kappa shape index (κ1) is 21.9. The number of pyridine rings is 1. The quantitative estimate of drug-likeness (QED) is 0.592. The van der Waals surface area contributed by atoms with Crippen LogP contribution in [0.1, 0.15) is 19.3 Å². The zero-order chi connectivity index (χ0) is 22.0. The number of hydrogen-bond acceptors (Lipinski definition) is 5. The molecule has 0 spiro atoms. The molecule has 1 fully saturated rings. The van der Waals surface area contributed by atoms with Gasteiger partial charge in [0.25, 0.3) is 5.91 Å². The highest BCUT2D eigenvalue weighted by molar-refractivity contribution is 14.1. The second-order valence-corrected chi connectivity index (χ2v) is 8.94. The Kier molecular flexibility index (Phi) is 6.71.